The van der Waals surface area contributed by atoms with Gasteiger partial charge in [-0.25, -0.2) is 13.6 Å². The number of aromatic nitrogens is 1. The zero-order valence-corrected chi connectivity index (χ0v) is 37.3. The Labute approximate surface area is 388 Å². The second-order valence-corrected chi connectivity index (χ2v) is 16.8. The molecule has 23 heteroatoms. The van der Waals surface area contributed by atoms with E-state index in [1.165, 1.54) is 4.90 Å². The average Bonchev–Trinajstić information content (AvgIpc) is 3.81. The van der Waals surface area contributed by atoms with Gasteiger partial charge in [-0.2, -0.15) is 0 Å². The Morgan fingerprint density at radius 2 is 1.41 bits per heavy atom. The summed E-state index contributed by atoms with van der Waals surface area (Å²) in [7, 11) is 0. The number of nitrogens with two attached hydrogens (primary N) is 2. The molecule has 2 aromatic carbocycles. The summed E-state index contributed by atoms with van der Waals surface area (Å²) in [5.74, 6) is -11.8. The molecule has 1 aliphatic heterocycles. The molecule has 0 unspecified atom stereocenters. The SMILES string of the molecule is CC(C)(C)[C@H](c1cc(-c2cc(F)ccc2F)cn1Cc1ccccc1)N(CC[C@H](NC(=O)[C@H](CC(N)=O)NC(=O)CN1C(=O)C=CC1=O)C(=O)NCCC(=O)N[C@@H](CC(N)=O)C(=O)O)C(=O)CO. The number of amides is 9. The number of primary amides is 2. The number of nitrogens with one attached hydrogen (secondary N) is 4. The fraction of sp³-hybridized carbons (Fsp3) is 0.378. The van der Waals surface area contributed by atoms with Crippen molar-refractivity contribution in [3.05, 3.63) is 95.8 Å². The molecule has 10 N–H and O–H groups in total. The van der Waals surface area contributed by atoms with Gasteiger partial charge in [-0.15, -0.1) is 0 Å². The Bertz CT molecular complexity index is 2440. The molecular formula is C45H53F2N9O12. The van der Waals surface area contributed by atoms with Gasteiger partial charge in [0.2, 0.25) is 41.4 Å². The van der Waals surface area contributed by atoms with Gasteiger partial charge in [-0.3, -0.25) is 48.1 Å². The first kappa shape index (κ1) is 52.8. The number of aliphatic hydroxyl groups is 1. The number of hydrogen-bond donors (Lipinski definition) is 8. The van der Waals surface area contributed by atoms with Gasteiger partial charge in [0.05, 0.1) is 18.9 Å². The highest BCUT2D eigenvalue weighted by Gasteiger charge is 2.39. The number of hydrogen-bond acceptors (Lipinski definition) is 11. The predicted octanol–water partition coefficient (Wildman–Crippen LogP) is -0.499. The average molecular weight is 950 g/mol. The first-order valence-electron chi connectivity index (χ1n) is 21.1. The van der Waals surface area contributed by atoms with Gasteiger partial charge in [0.25, 0.3) is 11.8 Å². The van der Waals surface area contributed by atoms with Crippen LogP contribution in [0, 0.1) is 17.0 Å². The minimum absolute atomic E-state index is 0.0851. The Hall–Kier alpha value is -7.82. The predicted molar refractivity (Wildman–Crippen MR) is 235 cm³/mol. The van der Waals surface area contributed by atoms with Crippen molar-refractivity contribution in [2.75, 3.05) is 26.2 Å². The Morgan fingerprint density at radius 3 is 2.00 bits per heavy atom. The quantitative estimate of drug-likeness (QED) is 0.0528. The first-order chi connectivity index (χ1) is 32.0. The number of aliphatic carboxylic acids is 1. The van der Waals surface area contributed by atoms with E-state index in [4.69, 9.17) is 11.5 Å². The number of carbonyl (C=O) groups is 10. The summed E-state index contributed by atoms with van der Waals surface area (Å²) in [4.78, 5) is 128. The van der Waals surface area contributed by atoms with Crippen LogP contribution in [0.4, 0.5) is 8.78 Å². The smallest absolute Gasteiger partial charge is 0.326 e. The number of carboxylic acid groups (broad SMARTS) is 1. The number of imide groups is 1. The maximum atomic E-state index is 15.3. The van der Waals surface area contributed by atoms with Crippen molar-refractivity contribution in [2.45, 2.75) is 77.2 Å². The van der Waals surface area contributed by atoms with E-state index in [0.717, 1.165) is 35.9 Å². The molecule has 4 rings (SSSR count). The highest BCUT2D eigenvalue weighted by atomic mass is 19.1. The molecule has 0 fully saturated rings. The summed E-state index contributed by atoms with van der Waals surface area (Å²) in [6.45, 7) is 2.67. The van der Waals surface area contributed by atoms with Crippen molar-refractivity contribution in [1.29, 1.82) is 0 Å². The summed E-state index contributed by atoms with van der Waals surface area (Å²) < 4.78 is 31.5. The second kappa shape index (κ2) is 23.6. The minimum atomic E-state index is -1.79. The molecule has 68 heavy (non-hydrogen) atoms. The molecule has 0 radical (unpaired) electrons. The summed E-state index contributed by atoms with van der Waals surface area (Å²) >= 11 is 0. The number of nitrogens with zero attached hydrogens (tertiary/aromatic N) is 3. The summed E-state index contributed by atoms with van der Waals surface area (Å²) in [5, 5.41) is 28.9. The van der Waals surface area contributed by atoms with Gasteiger partial charge < -0.3 is 52.4 Å². The van der Waals surface area contributed by atoms with Crippen LogP contribution in [0.1, 0.15) is 63.8 Å². The van der Waals surface area contributed by atoms with E-state index in [2.05, 4.69) is 21.3 Å². The molecule has 2 heterocycles. The minimum Gasteiger partial charge on any atom is -0.480 e. The lowest BCUT2D eigenvalue weighted by molar-refractivity contribution is -0.143. The summed E-state index contributed by atoms with van der Waals surface area (Å²) in [6, 6.07) is 7.41. The number of carboxylic acids is 1. The molecule has 0 saturated heterocycles. The summed E-state index contributed by atoms with van der Waals surface area (Å²) in [5.41, 5.74) is 10.9. The fourth-order valence-corrected chi connectivity index (χ4v) is 7.38. The van der Waals surface area contributed by atoms with E-state index < -0.39 is 152 Å². The Morgan fingerprint density at radius 1 is 0.794 bits per heavy atom. The van der Waals surface area contributed by atoms with Crippen molar-refractivity contribution in [3.63, 3.8) is 0 Å². The van der Waals surface area contributed by atoms with E-state index in [0.29, 0.717) is 10.6 Å². The lowest BCUT2D eigenvalue weighted by Gasteiger charge is -2.41. The standard InChI is InChI=1S/C45H53F2N9O12/c1-45(2,3)41(33-17-26(28-18-27(46)9-10-29(28)47)22-54(33)21-25-7-5-4-6-8-25)55(40(64)24-57)16-14-30(42(65)50-15-13-36(60)52-32(44(67)68)20-35(49)59)53-43(66)31(19-34(48)58)51-37(61)23-56-38(62)11-12-39(56)63/h4-12,17-18,22,30-32,41,57H,13-16,19-21,23-24H2,1-3H3,(H2,48,58)(H2,49,59)(H,50,65)(H,51,61)(H,52,60)(H,53,66)(H,67,68)/t30-,31-,32-,41-/m0/s1. The Balaban J connectivity index is 1.72. The molecule has 0 bridgehead atoms. The van der Waals surface area contributed by atoms with Crippen LogP contribution in [0.3, 0.4) is 0 Å². The van der Waals surface area contributed by atoms with Crippen molar-refractivity contribution < 1.29 is 66.9 Å². The van der Waals surface area contributed by atoms with E-state index >= 15 is 4.39 Å². The van der Waals surface area contributed by atoms with Crippen molar-refractivity contribution in [1.82, 2.24) is 35.6 Å². The first-order valence-corrected chi connectivity index (χ1v) is 21.1. The van der Waals surface area contributed by atoms with Gasteiger partial charge in [-0.05, 0) is 41.7 Å². The molecule has 0 aliphatic carbocycles. The van der Waals surface area contributed by atoms with E-state index in [-0.39, 0.29) is 17.7 Å². The second-order valence-electron chi connectivity index (χ2n) is 16.8. The van der Waals surface area contributed by atoms with Crippen LogP contribution in [0.15, 0.2) is 72.9 Å². The Kier molecular flexibility index (Phi) is 18.3. The summed E-state index contributed by atoms with van der Waals surface area (Å²) in [6.07, 6.45) is 0.832. The van der Waals surface area contributed by atoms with Crippen LogP contribution in [-0.4, -0.2) is 128 Å². The third kappa shape index (κ3) is 14.8. The normalized spacial score (nSPS) is 14.1. The fourth-order valence-electron chi connectivity index (χ4n) is 7.38. The molecule has 0 spiro atoms. The number of benzene rings is 2. The van der Waals surface area contributed by atoms with Crippen LogP contribution in [0.5, 0.6) is 0 Å². The van der Waals surface area contributed by atoms with Crippen LogP contribution >= 0.6 is 0 Å². The van der Waals surface area contributed by atoms with Crippen molar-refractivity contribution in [3.8, 4) is 11.1 Å². The van der Waals surface area contributed by atoms with Gasteiger partial charge >= 0.3 is 5.97 Å². The van der Waals surface area contributed by atoms with Gasteiger partial charge in [0, 0.05) is 61.2 Å². The lowest BCUT2D eigenvalue weighted by atomic mass is 9.82. The third-order valence-electron chi connectivity index (χ3n) is 10.5. The number of aliphatic hydroxyl groups excluding tert-OH is 1. The highest BCUT2D eigenvalue weighted by molar-refractivity contribution is 6.14. The molecule has 364 valence electrons. The zero-order chi connectivity index (χ0) is 50.5. The lowest BCUT2D eigenvalue weighted by Crippen LogP contribution is -2.56. The maximum Gasteiger partial charge on any atom is 0.326 e. The van der Waals surface area contributed by atoms with Crippen LogP contribution in [-0.2, 0) is 54.5 Å². The molecule has 1 aliphatic rings. The van der Waals surface area contributed by atoms with Crippen molar-refractivity contribution >= 4 is 59.1 Å². The van der Waals surface area contributed by atoms with Crippen molar-refractivity contribution in [2.24, 2.45) is 16.9 Å². The monoisotopic (exact) mass is 949 g/mol. The topological polar surface area (TPSA) is 323 Å². The number of carbonyl (C=O) groups excluding carboxylic acids is 9. The molecular weight excluding hydrogens is 897 g/mol. The van der Waals surface area contributed by atoms with Crippen LogP contribution in [0.25, 0.3) is 11.1 Å². The van der Waals surface area contributed by atoms with Crippen LogP contribution < -0.4 is 32.7 Å². The highest BCUT2D eigenvalue weighted by Crippen LogP contribution is 2.41. The van der Waals surface area contributed by atoms with Gasteiger partial charge in [0.1, 0.15) is 42.9 Å². The van der Waals surface area contributed by atoms with E-state index in [1.807, 2.05) is 12.1 Å². The maximum absolute atomic E-state index is 15.3. The molecule has 3 aromatic rings. The molecule has 9 amide bonds. The molecule has 4 atom stereocenters. The molecule has 1 aromatic heterocycles. The zero-order valence-electron chi connectivity index (χ0n) is 37.3. The van der Waals surface area contributed by atoms with E-state index in [1.54, 1.807) is 55.8 Å². The number of rotatable bonds is 24. The largest absolute Gasteiger partial charge is 0.480 e. The molecule has 21 nitrogen and oxygen atoms in total. The van der Waals surface area contributed by atoms with Crippen LogP contribution in [0.2, 0.25) is 0 Å². The molecule has 0 saturated carbocycles. The van der Waals surface area contributed by atoms with Gasteiger partial charge in [0.15, 0.2) is 0 Å². The van der Waals surface area contributed by atoms with E-state index in [9.17, 15) is 62.5 Å². The number of halogens is 2. The third-order valence-corrected chi connectivity index (χ3v) is 10.5. The van der Waals surface area contributed by atoms with Gasteiger partial charge in [-0.1, -0.05) is 51.1 Å².